The van der Waals surface area contributed by atoms with Gasteiger partial charge in [0, 0.05) is 12.6 Å². The molecule has 0 unspecified atom stereocenters. The number of rotatable bonds is 6. The number of nitrogens with zero attached hydrogens (tertiary/aromatic N) is 3. The van der Waals surface area contributed by atoms with E-state index in [2.05, 4.69) is 4.99 Å². The lowest BCUT2D eigenvalue weighted by Gasteiger charge is -2.12. The Balaban J connectivity index is 1.98. The number of nitro benzene ring substituents is 1. The van der Waals surface area contributed by atoms with Crippen molar-refractivity contribution in [2.24, 2.45) is 4.99 Å². The number of nitro groups is 1. The van der Waals surface area contributed by atoms with Crippen molar-refractivity contribution in [2.75, 3.05) is 20.8 Å². The largest absolute Gasteiger partial charge is 0.500 e. The van der Waals surface area contributed by atoms with Gasteiger partial charge in [-0.2, -0.15) is 0 Å². The number of amides is 1. The molecule has 1 amide bonds. The molecule has 30 heavy (non-hydrogen) atoms. The van der Waals surface area contributed by atoms with Crippen molar-refractivity contribution in [1.82, 2.24) is 4.90 Å². The van der Waals surface area contributed by atoms with Gasteiger partial charge in [0.1, 0.15) is 5.75 Å². The summed E-state index contributed by atoms with van der Waals surface area (Å²) in [6.07, 6.45) is 1.52. The zero-order chi connectivity index (χ0) is 21.8. The van der Waals surface area contributed by atoms with Crippen LogP contribution in [-0.2, 0) is 4.79 Å². The maximum atomic E-state index is 12.8. The van der Waals surface area contributed by atoms with E-state index in [0.717, 1.165) is 0 Å². The first-order valence-corrected chi connectivity index (χ1v) is 9.69. The third kappa shape index (κ3) is 4.23. The summed E-state index contributed by atoms with van der Waals surface area (Å²) >= 11 is 1.17. The third-order valence-corrected chi connectivity index (χ3v) is 5.30. The van der Waals surface area contributed by atoms with Crippen molar-refractivity contribution in [3.05, 3.63) is 57.0 Å². The Hall–Kier alpha value is -3.53. The first-order valence-electron chi connectivity index (χ1n) is 8.87. The zero-order valence-corrected chi connectivity index (χ0v) is 17.3. The number of likely N-dealkylation sites (N-methyl/N-ethyl adjacent to an activating group) is 1. The highest BCUT2D eigenvalue weighted by atomic mass is 32.2. The van der Waals surface area contributed by atoms with E-state index in [1.54, 1.807) is 31.4 Å². The smallest absolute Gasteiger partial charge is 0.315 e. The summed E-state index contributed by atoms with van der Waals surface area (Å²) in [5.41, 5.74) is 0.512. The van der Waals surface area contributed by atoms with Gasteiger partial charge in [-0.05, 0) is 60.7 Å². The average Bonchev–Trinajstić information content (AvgIpc) is 3.03. The molecule has 9 nitrogen and oxygen atoms in total. The number of thioether (sulfide) groups is 1. The molecule has 1 heterocycles. The van der Waals surface area contributed by atoms with Gasteiger partial charge >= 0.3 is 5.69 Å². The Kier molecular flexibility index (Phi) is 6.26. The normalized spacial score (nSPS) is 16.4. The van der Waals surface area contributed by atoms with E-state index in [4.69, 9.17) is 9.47 Å². The molecule has 0 radical (unpaired) electrons. The van der Waals surface area contributed by atoms with E-state index in [0.29, 0.717) is 33.6 Å². The topological polar surface area (TPSA) is 114 Å². The van der Waals surface area contributed by atoms with Crippen LogP contribution in [-0.4, -0.2) is 46.8 Å². The van der Waals surface area contributed by atoms with Gasteiger partial charge in [0.15, 0.2) is 10.9 Å². The van der Waals surface area contributed by atoms with E-state index in [1.165, 1.54) is 42.0 Å². The number of aromatic hydroxyl groups is 1. The number of carbonyl (C=O) groups excluding carboxylic acids is 1. The van der Waals surface area contributed by atoms with Gasteiger partial charge in [-0.25, -0.2) is 4.99 Å². The highest BCUT2D eigenvalue weighted by Gasteiger charge is 2.32. The lowest BCUT2D eigenvalue weighted by molar-refractivity contribution is -0.386. The second-order valence-corrected chi connectivity index (χ2v) is 7.11. The number of aliphatic imine (C=N–C) groups is 1. The van der Waals surface area contributed by atoms with Gasteiger partial charge in [-0.15, -0.1) is 0 Å². The van der Waals surface area contributed by atoms with Crippen LogP contribution in [0, 0.1) is 10.1 Å². The maximum Gasteiger partial charge on any atom is 0.315 e. The molecule has 0 spiro atoms. The second-order valence-electron chi connectivity index (χ2n) is 6.10. The van der Waals surface area contributed by atoms with Crippen LogP contribution in [0.25, 0.3) is 6.08 Å². The summed E-state index contributed by atoms with van der Waals surface area (Å²) in [5, 5.41) is 21.6. The lowest BCUT2D eigenvalue weighted by Crippen LogP contribution is -2.28. The fourth-order valence-electron chi connectivity index (χ4n) is 2.78. The Morgan fingerprint density at radius 2 is 1.93 bits per heavy atom. The van der Waals surface area contributed by atoms with Crippen LogP contribution in [0.1, 0.15) is 12.5 Å². The van der Waals surface area contributed by atoms with Gasteiger partial charge < -0.3 is 14.6 Å². The molecule has 1 aliphatic heterocycles. The maximum absolute atomic E-state index is 12.8. The molecule has 2 aromatic carbocycles. The molecule has 3 rings (SSSR count). The van der Waals surface area contributed by atoms with E-state index in [1.807, 2.05) is 6.92 Å². The van der Waals surface area contributed by atoms with Gasteiger partial charge in [-0.1, -0.05) is 0 Å². The Labute approximate surface area is 176 Å². The number of methoxy groups -OCH3 is 2. The number of hydrogen-bond donors (Lipinski definition) is 1. The van der Waals surface area contributed by atoms with Crippen LogP contribution in [0.15, 0.2) is 46.3 Å². The number of phenolic OH excluding ortho intramolecular Hbond substituents is 1. The fraction of sp³-hybridized carbons (Fsp3) is 0.200. The summed E-state index contributed by atoms with van der Waals surface area (Å²) < 4.78 is 10.1. The first-order chi connectivity index (χ1) is 14.4. The SMILES string of the molecule is CCN1C(=O)/C(=C\c2cc(OC)c(O)c([N+](=O)[O-])c2)SC1=Nc1ccc(OC)cc1. The number of ether oxygens (including phenoxy) is 2. The van der Waals surface area contributed by atoms with Crippen molar-refractivity contribution in [2.45, 2.75) is 6.92 Å². The molecule has 1 fully saturated rings. The average molecular weight is 429 g/mol. The van der Waals surface area contributed by atoms with Gasteiger partial charge in [-0.3, -0.25) is 19.8 Å². The number of phenols is 1. The molecule has 156 valence electrons. The fourth-order valence-corrected chi connectivity index (χ4v) is 3.84. The monoisotopic (exact) mass is 429 g/mol. The predicted molar refractivity (Wildman–Crippen MR) is 114 cm³/mol. The third-order valence-electron chi connectivity index (χ3n) is 4.29. The lowest BCUT2D eigenvalue weighted by atomic mass is 10.1. The molecular formula is C20H19N3O6S. The van der Waals surface area contributed by atoms with Gasteiger partial charge in [0.25, 0.3) is 5.91 Å². The Morgan fingerprint density at radius 3 is 2.50 bits per heavy atom. The minimum Gasteiger partial charge on any atom is -0.500 e. The summed E-state index contributed by atoms with van der Waals surface area (Å²) in [5.74, 6) is -0.174. The van der Waals surface area contributed by atoms with Crippen molar-refractivity contribution in [3.63, 3.8) is 0 Å². The van der Waals surface area contributed by atoms with Crippen molar-refractivity contribution in [3.8, 4) is 17.2 Å². The summed E-state index contributed by atoms with van der Waals surface area (Å²) in [4.78, 5) is 29.7. The molecule has 0 saturated carbocycles. The summed E-state index contributed by atoms with van der Waals surface area (Å²) in [7, 11) is 2.87. The molecule has 10 heteroatoms. The van der Waals surface area contributed by atoms with Crippen molar-refractivity contribution in [1.29, 1.82) is 0 Å². The van der Waals surface area contributed by atoms with Crippen LogP contribution in [0.3, 0.4) is 0 Å². The molecule has 0 aliphatic carbocycles. The summed E-state index contributed by atoms with van der Waals surface area (Å²) in [6, 6.07) is 9.72. The number of benzene rings is 2. The minimum atomic E-state index is -0.710. The quantitative estimate of drug-likeness (QED) is 0.420. The number of hydrogen-bond acceptors (Lipinski definition) is 8. The molecule has 0 atom stereocenters. The standard InChI is InChI=1S/C20H19N3O6S/c1-4-22-19(25)17(30-20(22)21-13-5-7-14(28-2)8-6-13)11-12-9-15(23(26)27)18(24)16(10-12)29-3/h5-11,24H,4H2,1-3H3/b17-11+,21-20?. The van der Waals surface area contributed by atoms with E-state index in [-0.39, 0.29) is 11.7 Å². The van der Waals surface area contributed by atoms with Crippen LogP contribution in [0.2, 0.25) is 0 Å². The van der Waals surface area contributed by atoms with Crippen LogP contribution >= 0.6 is 11.8 Å². The highest BCUT2D eigenvalue weighted by molar-refractivity contribution is 8.18. The van der Waals surface area contributed by atoms with Crippen LogP contribution in [0.5, 0.6) is 17.2 Å². The highest BCUT2D eigenvalue weighted by Crippen LogP contribution is 2.39. The van der Waals surface area contributed by atoms with E-state index >= 15 is 0 Å². The Morgan fingerprint density at radius 1 is 1.23 bits per heavy atom. The van der Waals surface area contributed by atoms with Crippen molar-refractivity contribution >= 4 is 40.3 Å². The molecule has 1 saturated heterocycles. The molecule has 2 aromatic rings. The predicted octanol–water partition coefficient (Wildman–Crippen LogP) is 3.94. The minimum absolute atomic E-state index is 0.0500. The molecular weight excluding hydrogens is 410 g/mol. The Bertz CT molecular complexity index is 1050. The number of carbonyl (C=O) groups is 1. The molecule has 1 N–H and O–H groups in total. The van der Waals surface area contributed by atoms with Gasteiger partial charge in [0.2, 0.25) is 5.75 Å². The number of amidine groups is 1. The van der Waals surface area contributed by atoms with Crippen LogP contribution in [0.4, 0.5) is 11.4 Å². The summed E-state index contributed by atoms with van der Waals surface area (Å²) in [6.45, 7) is 2.25. The van der Waals surface area contributed by atoms with Gasteiger partial charge in [0.05, 0.1) is 29.7 Å². The molecule has 1 aliphatic rings. The molecule has 0 aromatic heterocycles. The molecule has 0 bridgehead atoms. The van der Waals surface area contributed by atoms with E-state index < -0.39 is 16.4 Å². The first kappa shape index (κ1) is 21.2. The van der Waals surface area contributed by atoms with Crippen molar-refractivity contribution < 1.29 is 24.3 Å². The van der Waals surface area contributed by atoms with Crippen LogP contribution < -0.4 is 9.47 Å². The second kappa shape index (κ2) is 8.87. The van der Waals surface area contributed by atoms with E-state index in [9.17, 15) is 20.0 Å². The zero-order valence-electron chi connectivity index (χ0n) is 16.5.